The van der Waals surface area contributed by atoms with Gasteiger partial charge in [0.25, 0.3) is 0 Å². The highest BCUT2D eigenvalue weighted by Gasteiger charge is 2.23. The Kier molecular flexibility index (Phi) is 5.39. The Morgan fingerprint density at radius 3 is 2.62 bits per heavy atom. The average Bonchev–Trinajstić information content (AvgIpc) is 2.48. The number of halogens is 1. The number of aliphatic hydroxyl groups excluding tert-OH is 1. The van der Waals surface area contributed by atoms with E-state index in [1.807, 2.05) is 49.4 Å². The maximum absolute atomic E-state index is 10.7. The predicted molar refractivity (Wildman–Crippen MR) is 88.6 cm³/mol. The van der Waals surface area contributed by atoms with Crippen LogP contribution < -0.4 is 10.5 Å². The lowest BCUT2D eigenvalue weighted by molar-refractivity contribution is 0.146. The third-order valence-electron chi connectivity index (χ3n) is 3.71. The molecule has 0 saturated carbocycles. The summed E-state index contributed by atoms with van der Waals surface area (Å²) in [6.45, 7) is 2.35. The average molecular weight is 350 g/mol. The van der Waals surface area contributed by atoms with Crippen molar-refractivity contribution in [2.24, 2.45) is 5.73 Å². The van der Waals surface area contributed by atoms with E-state index in [0.717, 1.165) is 26.9 Å². The van der Waals surface area contributed by atoms with E-state index in [2.05, 4.69) is 15.9 Å². The molecule has 21 heavy (non-hydrogen) atoms. The van der Waals surface area contributed by atoms with E-state index in [4.69, 9.17) is 10.5 Å². The molecule has 2 unspecified atom stereocenters. The first-order chi connectivity index (χ1) is 10.1. The second kappa shape index (κ2) is 7.07. The summed E-state index contributed by atoms with van der Waals surface area (Å²) >= 11 is 3.44. The number of aliphatic hydroxyl groups is 1. The van der Waals surface area contributed by atoms with Gasteiger partial charge in [0.1, 0.15) is 5.75 Å². The number of rotatable bonds is 5. The molecule has 2 atom stereocenters. The van der Waals surface area contributed by atoms with Crippen molar-refractivity contribution in [1.82, 2.24) is 0 Å². The van der Waals surface area contributed by atoms with Gasteiger partial charge in [-0.1, -0.05) is 34.1 Å². The Bertz CT molecular complexity index is 615. The van der Waals surface area contributed by atoms with Gasteiger partial charge in [0.05, 0.1) is 13.2 Å². The summed E-state index contributed by atoms with van der Waals surface area (Å²) < 4.78 is 6.25. The fraction of sp³-hybridized carbons (Fsp3) is 0.294. The zero-order chi connectivity index (χ0) is 15.4. The van der Waals surface area contributed by atoms with Gasteiger partial charge >= 0.3 is 0 Å². The molecule has 0 aliphatic heterocycles. The first-order valence-electron chi connectivity index (χ1n) is 6.85. The van der Waals surface area contributed by atoms with Gasteiger partial charge in [-0.15, -0.1) is 0 Å². The summed E-state index contributed by atoms with van der Waals surface area (Å²) in [5.74, 6) is 0.602. The molecular formula is C17H20BrNO2. The zero-order valence-corrected chi connectivity index (χ0v) is 13.8. The van der Waals surface area contributed by atoms with Crippen LogP contribution in [0, 0.1) is 6.92 Å². The van der Waals surface area contributed by atoms with Crippen LogP contribution in [0.4, 0.5) is 0 Å². The maximum Gasteiger partial charge on any atom is 0.119 e. The summed E-state index contributed by atoms with van der Waals surface area (Å²) in [6.07, 6.45) is -0.643. The quantitative estimate of drug-likeness (QED) is 0.867. The fourth-order valence-electron chi connectivity index (χ4n) is 2.51. The third kappa shape index (κ3) is 3.64. The number of aryl methyl sites for hydroxylation is 1. The van der Waals surface area contributed by atoms with Crippen LogP contribution in [0.1, 0.15) is 28.7 Å². The van der Waals surface area contributed by atoms with Crippen molar-refractivity contribution >= 4 is 15.9 Å². The van der Waals surface area contributed by atoms with E-state index in [-0.39, 0.29) is 5.92 Å². The van der Waals surface area contributed by atoms with Crippen molar-refractivity contribution in [2.75, 3.05) is 13.7 Å². The van der Waals surface area contributed by atoms with Crippen LogP contribution in [0.3, 0.4) is 0 Å². The van der Waals surface area contributed by atoms with Gasteiger partial charge in [0, 0.05) is 16.9 Å². The molecule has 0 aliphatic rings. The molecule has 0 amide bonds. The number of methoxy groups -OCH3 is 1. The van der Waals surface area contributed by atoms with Crippen molar-refractivity contribution in [3.05, 3.63) is 63.6 Å². The maximum atomic E-state index is 10.7. The summed E-state index contributed by atoms with van der Waals surface area (Å²) in [7, 11) is 1.63. The minimum atomic E-state index is -0.643. The van der Waals surface area contributed by atoms with E-state index in [1.165, 1.54) is 0 Å². The van der Waals surface area contributed by atoms with Crippen LogP contribution in [0.15, 0.2) is 46.9 Å². The summed E-state index contributed by atoms with van der Waals surface area (Å²) in [5, 5.41) is 10.7. The molecule has 3 nitrogen and oxygen atoms in total. The highest BCUT2D eigenvalue weighted by molar-refractivity contribution is 9.10. The van der Waals surface area contributed by atoms with Crippen LogP contribution in [0.5, 0.6) is 5.75 Å². The number of benzene rings is 2. The van der Waals surface area contributed by atoms with Crippen molar-refractivity contribution in [3.8, 4) is 5.75 Å². The molecule has 2 rings (SSSR count). The highest BCUT2D eigenvalue weighted by atomic mass is 79.9. The highest BCUT2D eigenvalue weighted by Crippen LogP contribution is 2.34. The molecule has 4 heteroatoms. The monoisotopic (exact) mass is 349 g/mol. The van der Waals surface area contributed by atoms with Crippen LogP contribution in [0.25, 0.3) is 0 Å². The SMILES string of the molecule is COc1cccc(C(CN)C(O)c2ccc(Br)cc2C)c1. The molecule has 112 valence electrons. The molecule has 0 saturated heterocycles. The van der Waals surface area contributed by atoms with Crippen molar-refractivity contribution in [1.29, 1.82) is 0 Å². The number of ether oxygens (including phenoxy) is 1. The molecule has 0 aromatic heterocycles. The summed E-state index contributed by atoms with van der Waals surface area (Å²) in [6, 6.07) is 13.6. The van der Waals surface area contributed by atoms with E-state index in [9.17, 15) is 5.11 Å². The topological polar surface area (TPSA) is 55.5 Å². The number of hydrogen-bond donors (Lipinski definition) is 2. The van der Waals surface area contributed by atoms with Crippen molar-refractivity contribution < 1.29 is 9.84 Å². The second-order valence-electron chi connectivity index (χ2n) is 5.06. The molecule has 2 aromatic rings. The van der Waals surface area contributed by atoms with Crippen molar-refractivity contribution in [2.45, 2.75) is 18.9 Å². The Labute approximate surface area is 133 Å². The van der Waals surface area contributed by atoms with Crippen LogP contribution in [-0.2, 0) is 0 Å². The van der Waals surface area contributed by atoms with Crippen LogP contribution >= 0.6 is 15.9 Å². The molecule has 0 bridgehead atoms. The van der Waals surface area contributed by atoms with Gasteiger partial charge in [-0.25, -0.2) is 0 Å². The predicted octanol–water partition coefficient (Wildman–Crippen LogP) is 3.54. The van der Waals surface area contributed by atoms with E-state index < -0.39 is 6.10 Å². The summed E-state index contributed by atoms with van der Waals surface area (Å²) in [4.78, 5) is 0. The standard InChI is InChI=1S/C17H20BrNO2/c1-11-8-13(18)6-7-15(11)17(20)16(10-19)12-4-3-5-14(9-12)21-2/h3-9,16-17,20H,10,19H2,1-2H3. The number of hydrogen-bond acceptors (Lipinski definition) is 3. The van der Waals surface area contributed by atoms with Gasteiger partial charge < -0.3 is 15.6 Å². The Morgan fingerprint density at radius 1 is 1.24 bits per heavy atom. The van der Waals surface area contributed by atoms with Crippen molar-refractivity contribution in [3.63, 3.8) is 0 Å². The molecular weight excluding hydrogens is 330 g/mol. The lowest BCUT2D eigenvalue weighted by Crippen LogP contribution is -2.20. The van der Waals surface area contributed by atoms with E-state index >= 15 is 0 Å². The minimum Gasteiger partial charge on any atom is -0.497 e. The second-order valence-corrected chi connectivity index (χ2v) is 5.98. The molecule has 0 radical (unpaired) electrons. The molecule has 0 aliphatic carbocycles. The van der Waals surface area contributed by atoms with Crippen LogP contribution in [-0.4, -0.2) is 18.8 Å². The smallest absolute Gasteiger partial charge is 0.119 e. The molecule has 0 fully saturated rings. The Hall–Kier alpha value is -1.36. The van der Waals surface area contributed by atoms with E-state index in [0.29, 0.717) is 6.54 Å². The molecule has 2 aromatic carbocycles. The first kappa shape index (κ1) is 16.0. The molecule has 3 N–H and O–H groups in total. The van der Waals surface area contributed by atoms with Gasteiger partial charge in [-0.3, -0.25) is 0 Å². The van der Waals surface area contributed by atoms with E-state index in [1.54, 1.807) is 7.11 Å². The Morgan fingerprint density at radius 2 is 2.00 bits per heavy atom. The zero-order valence-electron chi connectivity index (χ0n) is 12.2. The lowest BCUT2D eigenvalue weighted by atomic mass is 9.87. The normalized spacial score (nSPS) is 13.8. The largest absolute Gasteiger partial charge is 0.497 e. The first-order valence-corrected chi connectivity index (χ1v) is 7.64. The van der Waals surface area contributed by atoms with Crippen LogP contribution in [0.2, 0.25) is 0 Å². The molecule has 0 spiro atoms. The third-order valence-corrected chi connectivity index (χ3v) is 4.20. The minimum absolute atomic E-state index is 0.167. The van der Waals surface area contributed by atoms with Gasteiger partial charge in [-0.2, -0.15) is 0 Å². The van der Waals surface area contributed by atoms with Gasteiger partial charge in [0.15, 0.2) is 0 Å². The summed E-state index contributed by atoms with van der Waals surface area (Å²) in [5.41, 5.74) is 8.82. The van der Waals surface area contributed by atoms with Gasteiger partial charge in [0.2, 0.25) is 0 Å². The van der Waals surface area contributed by atoms with Gasteiger partial charge in [-0.05, 0) is 47.9 Å². The molecule has 0 heterocycles. The lowest BCUT2D eigenvalue weighted by Gasteiger charge is -2.24. The number of nitrogens with two attached hydrogens (primary N) is 1. The Balaban J connectivity index is 2.35. The fourth-order valence-corrected chi connectivity index (χ4v) is 2.98.